The smallest absolute Gasteiger partial charge is 0.213 e. The fourth-order valence-electron chi connectivity index (χ4n) is 1.19. The first kappa shape index (κ1) is 12.3. The molecule has 0 radical (unpaired) electrons. The monoisotopic (exact) mass is 228 g/mol. The van der Waals surface area contributed by atoms with Crippen molar-refractivity contribution in [3.63, 3.8) is 0 Å². The zero-order chi connectivity index (χ0) is 11.1. The lowest BCUT2D eigenvalue weighted by molar-refractivity contribution is 0.395. The Balaban J connectivity index is 2.30. The van der Waals surface area contributed by atoms with Gasteiger partial charge in [-0.2, -0.15) is 0 Å². The molecule has 4 heteroatoms. The highest BCUT2D eigenvalue weighted by Gasteiger charge is 1.98. The molecule has 0 saturated carbocycles. The van der Waals surface area contributed by atoms with Crippen LogP contribution in [0.15, 0.2) is 18.2 Å². The van der Waals surface area contributed by atoms with E-state index in [2.05, 4.69) is 10.3 Å². The van der Waals surface area contributed by atoms with Gasteiger partial charge < -0.3 is 10.1 Å². The second-order valence-corrected chi connectivity index (χ2v) is 4.16. The molecule has 0 aliphatic heterocycles. The van der Waals surface area contributed by atoms with Crippen LogP contribution in [0, 0.1) is 0 Å². The summed E-state index contributed by atoms with van der Waals surface area (Å²) in [5.74, 6) is 0.653. The molecule has 15 heavy (non-hydrogen) atoms. The van der Waals surface area contributed by atoms with Crippen molar-refractivity contribution in [1.29, 1.82) is 0 Å². The molecule has 0 aliphatic rings. The van der Waals surface area contributed by atoms with Crippen LogP contribution in [-0.2, 0) is 6.54 Å². The Morgan fingerprint density at radius 2 is 2.33 bits per heavy atom. The standard InChI is InChI=1S/C11H17ClN2O/c1-9(12)6-7-13-8-10-4-3-5-11(14-10)15-2/h3-5,9,13H,6-8H2,1-2H3. The summed E-state index contributed by atoms with van der Waals surface area (Å²) in [6.07, 6.45) is 0.964. The van der Waals surface area contributed by atoms with E-state index in [4.69, 9.17) is 16.3 Å². The summed E-state index contributed by atoms with van der Waals surface area (Å²) >= 11 is 5.83. The van der Waals surface area contributed by atoms with Crippen molar-refractivity contribution in [1.82, 2.24) is 10.3 Å². The van der Waals surface area contributed by atoms with Gasteiger partial charge in [0, 0.05) is 18.0 Å². The summed E-state index contributed by atoms with van der Waals surface area (Å²) < 4.78 is 5.04. The molecule has 0 saturated heterocycles. The van der Waals surface area contributed by atoms with Crippen LogP contribution in [0.25, 0.3) is 0 Å². The topological polar surface area (TPSA) is 34.1 Å². The maximum atomic E-state index is 5.83. The van der Waals surface area contributed by atoms with E-state index < -0.39 is 0 Å². The third-order valence-electron chi connectivity index (χ3n) is 2.02. The quantitative estimate of drug-likeness (QED) is 0.599. The second-order valence-electron chi connectivity index (χ2n) is 3.42. The molecule has 0 bridgehead atoms. The van der Waals surface area contributed by atoms with Crippen molar-refractivity contribution in [2.75, 3.05) is 13.7 Å². The van der Waals surface area contributed by atoms with Gasteiger partial charge in [-0.05, 0) is 26.0 Å². The van der Waals surface area contributed by atoms with Crippen LogP contribution in [0.3, 0.4) is 0 Å². The molecular formula is C11H17ClN2O. The number of aromatic nitrogens is 1. The molecule has 0 spiro atoms. The average molecular weight is 229 g/mol. The SMILES string of the molecule is COc1cccc(CNCCC(C)Cl)n1. The van der Waals surface area contributed by atoms with Crippen LogP contribution < -0.4 is 10.1 Å². The normalized spacial score (nSPS) is 12.5. The molecule has 1 aromatic rings. The van der Waals surface area contributed by atoms with Crippen molar-refractivity contribution in [3.8, 4) is 5.88 Å². The molecular weight excluding hydrogens is 212 g/mol. The zero-order valence-corrected chi connectivity index (χ0v) is 9.92. The van der Waals surface area contributed by atoms with E-state index in [-0.39, 0.29) is 5.38 Å². The number of rotatable bonds is 6. The van der Waals surface area contributed by atoms with E-state index in [1.54, 1.807) is 7.11 Å². The van der Waals surface area contributed by atoms with Crippen molar-refractivity contribution >= 4 is 11.6 Å². The number of pyridine rings is 1. The van der Waals surface area contributed by atoms with Gasteiger partial charge in [0.15, 0.2) is 0 Å². The van der Waals surface area contributed by atoms with Crippen LogP contribution in [0.1, 0.15) is 19.0 Å². The Labute approximate surface area is 95.8 Å². The van der Waals surface area contributed by atoms with Crippen LogP contribution in [0.5, 0.6) is 5.88 Å². The molecule has 3 nitrogen and oxygen atoms in total. The highest BCUT2D eigenvalue weighted by atomic mass is 35.5. The van der Waals surface area contributed by atoms with Gasteiger partial charge in [-0.25, -0.2) is 4.98 Å². The number of nitrogens with zero attached hydrogens (tertiary/aromatic N) is 1. The number of alkyl halides is 1. The van der Waals surface area contributed by atoms with Gasteiger partial charge in [-0.15, -0.1) is 11.6 Å². The summed E-state index contributed by atoms with van der Waals surface area (Å²) in [5, 5.41) is 3.50. The Hall–Kier alpha value is -0.800. The molecule has 1 atom stereocenters. The van der Waals surface area contributed by atoms with E-state index in [0.717, 1.165) is 25.2 Å². The highest BCUT2D eigenvalue weighted by Crippen LogP contribution is 2.06. The first-order valence-corrected chi connectivity index (χ1v) is 5.50. The van der Waals surface area contributed by atoms with Gasteiger partial charge in [-0.3, -0.25) is 0 Å². The Kier molecular flexibility index (Phi) is 5.43. The second kappa shape index (κ2) is 6.64. The molecule has 1 N–H and O–H groups in total. The van der Waals surface area contributed by atoms with Gasteiger partial charge >= 0.3 is 0 Å². The van der Waals surface area contributed by atoms with E-state index in [9.17, 15) is 0 Å². The van der Waals surface area contributed by atoms with Crippen LogP contribution in [0.4, 0.5) is 0 Å². The molecule has 0 fully saturated rings. The first-order valence-electron chi connectivity index (χ1n) is 5.07. The third-order valence-corrected chi connectivity index (χ3v) is 2.23. The van der Waals surface area contributed by atoms with Gasteiger partial charge in [-0.1, -0.05) is 6.07 Å². The lowest BCUT2D eigenvalue weighted by Gasteiger charge is -2.06. The number of methoxy groups -OCH3 is 1. The van der Waals surface area contributed by atoms with Crippen molar-refractivity contribution in [2.45, 2.75) is 25.3 Å². The van der Waals surface area contributed by atoms with E-state index in [0.29, 0.717) is 5.88 Å². The maximum Gasteiger partial charge on any atom is 0.213 e. The summed E-state index contributed by atoms with van der Waals surface area (Å²) in [7, 11) is 1.62. The maximum absolute atomic E-state index is 5.83. The van der Waals surface area contributed by atoms with Crippen LogP contribution in [0.2, 0.25) is 0 Å². The third kappa shape index (κ3) is 5.00. The molecule has 1 aromatic heterocycles. The molecule has 84 valence electrons. The van der Waals surface area contributed by atoms with Crippen LogP contribution >= 0.6 is 11.6 Å². The predicted molar refractivity (Wildman–Crippen MR) is 62.4 cm³/mol. The predicted octanol–water partition coefficient (Wildman–Crippen LogP) is 2.20. The van der Waals surface area contributed by atoms with Gasteiger partial charge in [0.25, 0.3) is 0 Å². The zero-order valence-electron chi connectivity index (χ0n) is 9.16. The lowest BCUT2D eigenvalue weighted by atomic mass is 10.3. The van der Waals surface area contributed by atoms with E-state index >= 15 is 0 Å². The van der Waals surface area contributed by atoms with Crippen molar-refractivity contribution in [2.24, 2.45) is 0 Å². The minimum Gasteiger partial charge on any atom is -0.481 e. The molecule has 1 rings (SSSR count). The lowest BCUT2D eigenvalue weighted by Crippen LogP contribution is -2.17. The number of halogens is 1. The minimum atomic E-state index is 0.218. The summed E-state index contributed by atoms with van der Waals surface area (Å²) in [6, 6.07) is 5.75. The molecule has 0 aromatic carbocycles. The molecule has 0 aliphatic carbocycles. The highest BCUT2D eigenvalue weighted by molar-refractivity contribution is 6.20. The largest absolute Gasteiger partial charge is 0.481 e. The average Bonchev–Trinajstić information content (AvgIpc) is 2.24. The molecule has 1 heterocycles. The Morgan fingerprint density at radius 3 is 3.00 bits per heavy atom. The van der Waals surface area contributed by atoms with Gasteiger partial charge in [0.1, 0.15) is 0 Å². The van der Waals surface area contributed by atoms with Crippen LogP contribution in [-0.4, -0.2) is 24.0 Å². The van der Waals surface area contributed by atoms with E-state index in [1.807, 2.05) is 25.1 Å². The summed E-state index contributed by atoms with van der Waals surface area (Å²) in [6.45, 7) is 3.65. The Morgan fingerprint density at radius 1 is 1.53 bits per heavy atom. The van der Waals surface area contributed by atoms with Gasteiger partial charge in [0.2, 0.25) is 5.88 Å². The van der Waals surface area contributed by atoms with E-state index in [1.165, 1.54) is 0 Å². The van der Waals surface area contributed by atoms with Crippen molar-refractivity contribution in [3.05, 3.63) is 23.9 Å². The Bertz CT molecular complexity index is 292. The first-order chi connectivity index (χ1) is 7.22. The minimum absolute atomic E-state index is 0.218. The number of ether oxygens (including phenoxy) is 1. The number of hydrogen-bond acceptors (Lipinski definition) is 3. The number of nitrogens with one attached hydrogen (secondary N) is 1. The molecule has 1 unspecified atom stereocenters. The fraction of sp³-hybridized carbons (Fsp3) is 0.545. The van der Waals surface area contributed by atoms with Crippen molar-refractivity contribution < 1.29 is 4.74 Å². The van der Waals surface area contributed by atoms with Gasteiger partial charge in [0.05, 0.1) is 12.8 Å². The summed E-state index contributed by atoms with van der Waals surface area (Å²) in [5.41, 5.74) is 0.983. The molecule has 0 amide bonds. The summed E-state index contributed by atoms with van der Waals surface area (Å²) in [4.78, 5) is 4.29. The fourth-order valence-corrected chi connectivity index (χ4v) is 1.30. The number of hydrogen-bond donors (Lipinski definition) is 1.